The lowest BCUT2D eigenvalue weighted by Gasteiger charge is -2.48. The number of rotatable bonds is 5. The number of carbonyl (C=O) groups is 1. The summed E-state index contributed by atoms with van der Waals surface area (Å²) >= 11 is 0. The molecule has 0 radical (unpaired) electrons. The van der Waals surface area contributed by atoms with Crippen LogP contribution in [0.1, 0.15) is 32.1 Å². The van der Waals surface area contributed by atoms with E-state index < -0.39 is 10.0 Å². The maximum absolute atomic E-state index is 12.7. The van der Waals surface area contributed by atoms with Crippen LogP contribution in [0.15, 0.2) is 0 Å². The summed E-state index contributed by atoms with van der Waals surface area (Å²) in [5.41, 5.74) is -0.225. The van der Waals surface area contributed by atoms with Crippen molar-refractivity contribution in [2.24, 2.45) is 0 Å². The van der Waals surface area contributed by atoms with Crippen molar-refractivity contribution in [3.63, 3.8) is 0 Å². The molecule has 1 amide bonds. The molecule has 3 aliphatic rings. The standard InChI is InChI=1S/C16H29N3O4S/c1-17-9-10-19(24(21,22)14-3-4-14)13-16(17)6-5-15(20)18(8-7-16)11-12-23-2/h14H,3-13H2,1-2H3/t16-/m0/s1. The Morgan fingerprint density at radius 3 is 2.62 bits per heavy atom. The molecule has 0 aromatic heterocycles. The van der Waals surface area contributed by atoms with Gasteiger partial charge in [0.2, 0.25) is 15.9 Å². The summed E-state index contributed by atoms with van der Waals surface area (Å²) < 4.78 is 32.1. The normalized spacial score (nSPS) is 30.8. The van der Waals surface area contributed by atoms with Crippen LogP contribution in [0.4, 0.5) is 0 Å². The second kappa shape index (κ2) is 6.90. The highest BCUT2D eigenvalue weighted by Gasteiger charge is 2.48. The predicted molar refractivity (Wildman–Crippen MR) is 91.2 cm³/mol. The number of carbonyl (C=O) groups excluding carboxylic acids is 1. The van der Waals surface area contributed by atoms with Crippen LogP contribution in [0.25, 0.3) is 0 Å². The van der Waals surface area contributed by atoms with Crippen LogP contribution in [0.2, 0.25) is 0 Å². The van der Waals surface area contributed by atoms with Gasteiger partial charge < -0.3 is 9.64 Å². The molecule has 1 aliphatic carbocycles. The van der Waals surface area contributed by atoms with Gasteiger partial charge in [-0.1, -0.05) is 0 Å². The molecule has 138 valence electrons. The van der Waals surface area contributed by atoms with Gasteiger partial charge in [-0.15, -0.1) is 0 Å². The highest BCUT2D eigenvalue weighted by atomic mass is 32.2. The maximum Gasteiger partial charge on any atom is 0.222 e. The molecule has 3 fully saturated rings. The molecule has 7 nitrogen and oxygen atoms in total. The molecule has 1 saturated carbocycles. The number of sulfonamides is 1. The third-order valence-corrected chi connectivity index (χ3v) is 8.19. The van der Waals surface area contributed by atoms with E-state index in [1.54, 1.807) is 11.4 Å². The first-order valence-corrected chi connectivity index (χ1v) is 10.4. The molecule has 0 N–H and O–H groups in total. The van der Waals surface area contributed by atoms with Gasteiger partial charge in [0.25, 0.3) is 0 Å². The van der Waals surface area contributed by atoms with E-state index in [1.165, 1.54) is 0 Å². The van der Waals surface area contributed by atoms with Gasteiger partial charge in [0.05, 0.1) is 11.9 Å². The second-order valence-electron chi connectivity index (χ2n) is 7.35. The molecule has 8 heteroatoms. The van der Waals surface area contributed by atoms with Gasteiger partial charge in [-0.2, -0.15) is 4.31 Å². The topological polar surface area (TPSA) is 70.2 Å². The van der Waals surface area contributed by atoms with E-state index in [2.05, 4.69) is 11.9 Å². The van der Waals surface area contributed by atoms with Crippen molar-refractivity contribution in [1.82, 2.24) is 14.1 Å². The second-order valence-corrected chi connectivity index (χ2v) is 9.56. The van der Waals surface area contributed by atoms with E-state index in [-0.39, 0.29) is 16.7 Å². The minimum absolute atomic E-state index is 0.152. The van der Waals surface area contributed by atoms with E-state index in [0.717, 1.165) is 32.2 Å². The summed E-state index contributed by atoms with van der Waals surface area (Å²) in [5, 5.41) is -0.163. The zero-order chi connectivity index (χ0) is 17.4. The van der Waals surface area contributed by atoms with Gasteiger partial charge in [-0.3, -0.25) is 9.69 Å². The Kier molecular flexibility index (Phi) is 5.20. The fraction of sp³-hybridized carbons (Fsp3) is 0.938. The average Bonchev–Trinajstić information content (AvgIpc) is 3.40. The highest BCUT2D eigenvalue weighted by molar-refractivity contribution is 7.90. The maximum atomic E-state index is 12.7. The van der Waals surface area contributed by atoms with Crippen LogP contribution in [0, 0.1) is 0 Å². The Balaban J connectivity index is 1.73. The van der Waals surface area contributed by atoms with Crippen LogP contribution in [0.3, 0.4) is 0 Å². The van der Waals surface area contributed by atoms with Gasteiger partial charge in [0.1, 0.15) is 0 Å². The lowest BCUT2D eigenvalue weighted by atomic mass is 9.87. The summed E-state index contributed by atoms with van der Waals surface area (Å²) in [7, 11) is 0.551. The Hall–Kier alpha value is -0.700. The number of hydrogen-bond acceptors (Lipinski definition) is 5. The summed E-state index contributed by atoms with van der Waals surface area (Å²) in [6.07, 6.45) is 3.61. The molecular formula is C16H29N3O4S. The molecule has 1 atom stereocenters. The first kappa shape index (κ1) is 18.1. The largest absolute Gasteiger partial charge is 0.383 e. The first-order valence-electron chi connectivity index (χ1n) is 8.86. The molecule has 0 aromatic rings. The molecule has 0 bridgehead atoms. The Labute approximate surface area is 145 Å². The summed E-state index contributed by atoms with van der Waals surface area (Å²) in [6.45, 7) is 3.64. The summed E-state index contributed by atoms with van der Waals surface area (Å²) in [5.74, 6) is 0.152. The average molecular weight is 359 g/mol. The SMILES string of the molecule is COCCN1CC[C@@]2(CCC1=O)CN(S(=O)(=O)C1CC1)CCN2C. The number of likely N-dealkylation sites (tertiary alicyclic amines) is 1. The zero-order valence-corrected chi connectivity index (χ0v) is 15.6. The third-order valence-electron chi connectivity index (χ3n) is 5.84. The molecule has 0 unspecified atom stereocenters. The smallest absolute Gasteiger partial charge is 0.222 e. The van der Waals surface area contributed by atoms with Crippen molar-refractivity contribution in [3.8, 4) is 0 Å². The molecule has 2 heterocycles. The van der Waals surface area contributed by atoms with Crippen LogP contribution in [-0.2, 0) is 19.6 Å². The molecule has 1 spiro atoms. The molecule has 3 rings (SSSR count). The molecule has 2 saturated heterocycles. The van der Waals surface area contributed by atoms with Gasteiger partial charge in [0.15, 0.2) is 0 Å². The number of ether oxygens (including phenoxy) is 1. The lowest BCUT2D eigenvalue weighted by molar-refractivity contribution is -0.131. The van der Waals surface area contributed by atoms with Gasteiger partial charge in [-0.05, 0) is 32.7 Å². The molecule has 2 aliphatic heterocycles. The van der Waals surface area contributed by atoms with Crippen molar-refractivity contribution in [2.45, 2.75) is 42.9 Å². The van der Waals surface area contributed by atoms with Crippen LogP contribution < -0.4 is 0 Å². The van der Waals surface area contributed by atoms with Crippen molar-refractivity contribution in [1.29, 1.82) is 0 Å². The monoisotopic (exact) mass is 359 g/mol. The summed E-state index contributed by atoms with van der Waals surface area (Å²) in [4.78, 5) is 16.5. The van der Waals surface area contributed by atoms with Crippen molar-refractivity contribution >= 4 is 15.9 Å². The van der Waals surface area contributed by atoms with Crippen LogP contribution in [-0.4, -0.2) is 92.7 Å². The van der Waals surface area contributed by atoms with E-state index in [9.17, 15) is 13.2 Å². The number of piperazine rings is 1. The van der Waals surface area contributed by atoms with E-state index in [4.69, 9.17) is 4.74 Å². The fourth-order valence-electron chi connectivity index (χ4n) is 3.89. The zero-order valence-electron chi connectivity index (χ0n) is 14.7. The third kappa shape index (κ3) is 3.47. The molecule has 0 aromatic carbocycles. The number of likely N-dealkylation sites (N-methyl/N-ethyl adjacent to an activating group) is 1. The predicted octanol–water partition coefficient (Wildman–Crippen LogP) is 0.124. The van der Waals surface area contributed by atoms with E-state index >= 15 is 0 Å². The molecular weight excluding hydrogens is 330 g/mol. The first-order chi connectivity index (χ1) is 11.4. The van der Waals surface area contributed by atoms with Gasteiger partial charge >= 0.3 is 0 Å². The Bertz CT molecular complexity index is 578. The number of methoxy groups -OCH3 is 1. The number of hydrogen-bond donors (Lipinski definition) is 0. The van der Waals surface area contributed by atoms with E-state index in [1.807, 2.05) is 4.90 Å². The number of nitrogens with zero attached hydrogens (tertiary/aromatic N) is 3. The minimum Gasteiger partial charge on any atom is -0.383 e. The van der Waals surface area contributed by atoms with Crippen molar-refractivity contribution in [2.75, 3.05) is 53.5 Å². The Morgan fingerprint density at radius 2 is 1.96 bits per heavy atom. The number of amides is 1. The van der Waals surface area contributed by atoms with Crippen LogP contribution in [0.5, 0.6) is 0 Å². The highest BCUT2D eigenvalue weighted by Crippen LogP contribution is 2.37. The molecule has 24 heavy (non-hydrogen) atoms. The fourth-order valence-corrected chi connectivity index (χ4v) is 5.80. The van der Waals surface area contributed by atoms with Gasteiger partial charge in [-0.25, -0.2) is 8.42 Å². The lowest BCUT2D eigenvalue weighted by Crippen LogP contribution is -2.62. The minimum atomic E-state index is -3.15. The Morgan fingerprint density at radius 1 is 1.21 bits per heavy atom. The van der Waals surface area contributed by atoms with Gasteiger partial charge in [0, 0.05) is 51.8 Å². The van der Waals surface area contributed by atoms with E-state index in [0.29, 0.717) is 39.2 Å². The van der Waals surface area contributed by atoms with Crippen molar-refractivity contribution < 1.29 is 17.9 Å². The quantitative estimate of drug-likeness (QED) is 0.698. The summed E-state index contributed by atoms with van der Waals surface area (Å²) in [6, 6.07) is 0. The van der Waals surface area contributed by atoms with Crippen LogP contribution >= 0.6 is 0 Å². The van der Waals surface area contributed by atoms with Crippen molar-refractivity contribution in [3.05, 3.63) is 0 Å².